The third-order valence-corrected chi connectivity index (χ3v) is 11.2. The molecule has 0 aliphatic rings. The molecule has 7 aromatic carbocycles. The van der Waals surface area contributed by atoms with Gasteiger partial charge >= 0.3 is 0 Å². The van der Waals surface area contributed by atoms with E-state index in [1.54, 1.807) is 0 Å². The maximum absolute atomic E-state index is 4.84. The number of hydrogen-bond donors (Lipinski definition) is 0. The van der Waals surface area contributed by atoms with Crippen molar-refractivity contribution < 1.29 is 0 Å². The zero-order valence-electron chi connectivity index (χ0n) is 35.1. The third-order valence-electron chi connectivity index (χ3n) is 11.2. The average molecular weight is 761 g/mol. The highest BCUT2D eigenvalue weighted by atomic mass is 15.2. The molecule has 0 N–H and O–H groups in total. The Kier molecular flexibility index (Phi) is 8.73. The summed E-state index contributed by atoms with van der Waals surface area (Å²) in [6, 6.07) is 51.3. The van der Waals surface area contributed by atoms with Crippen molar-refractivity contribution in [1.29, 1.82) is 0 Å². The summed E-state index contributed by atoms with van der Waals surface area (Å²) in [6.07, 6.45) is 1.98. The number of para-hydroxylation sites is 6. The van der Waals surface area contributed by atoms with Crippen molar-refractivity contribution in [2.45, 2.75) is 78.9 Å². The van der Waals surface area contributed by atoms with E-state index in [1.807, 2.05) is 12.4 Å². The molecule has 11 aromatic rings. The first-order valence-corrected chi connectivity index (χ1v) is 20.4. The van der Waals surface area contributed by atoms with Gasteiger partial charge in [-0.05, 0) is 109 Å². The Hall–Kier alpha value is -6.40. The van der Waals surface area contributed by atoms with E-state index < -0.39 is 0 Å². The smallest absolute Gasteiger partial charge is 0.216 e. The van der Waals surface area contributed by atoms with Crippen LogP contribution in [0.1, 0.15) is 62.3 Å². The third kappa shape index (κ3) is 6.10. The molecule has 0 amide bonds. The van der Waals surface area contributed by atoms with E-state index in [2.05, 4.69) is 220 Å². The summed E-state index contributed by atoms with van der Waals surface area (Å²) in [5.74, 6) is 1.01. The number of hydrogen-bond acceptors (Lipinski definition) is 2. The van der Waals surface area contributed by atoms with Crippen LogP contribution in [0.2, 0.25) is 0 Å². The fourth-order valence-electron chi connectivity index (χ4n) is 8.82. The van der Waals surface area contributed by atoms with E-state index in [0.717, 1.165) is 16.8 Å². The van der Waals surface area contributed by atoms with Crippen LogP contribution >= 0.6 is 0 Å². The molecule has 0 spiro atoms. The summed E-state index contributed by atoms with van der Waals surface area (Å²) in [6.45, 7) is 20.1. The van der Waals surface area contributed by atoms with Crippen LogP contribution in [-0.4, -0.2) is 28.1 Å². The van der Waals surface area contributed by atoms with Gasteiger partial charge in [0, 0.05) is 49.2 Å². The molecule has 0 saturated carbocycles. The van der Waals surface area contributed by atoms with Gasteiger partial charge in [-0.1, -0.05) is 109 Å². The minimum absolute atomic E-state index is 0.00820. The van der Waals surface area contributed by atoms with Crippen molar-refractivity contribution in [2.24, 2.45) is 0 Å². The second-order valence-electron chi connectivity index (χ2n) is 18.3. The number of imidazole rings is 3. The molecule has 0 atom stereocenters. The van der Waals surface area contributed by atoms with Gasteiger partial charge in [-0.3, -0.25) is 4.40 Å². The van der Waals surface area contributed by atoms with Crippen LogP contribution in [0.25, 0.3) is 82.2 Å². The average Bonchev–Trinajstić information content (AvgIpc) is 3.97. The van der Waals surface area contributed by atoms with Gasteiger partial charge in [0.2, 0.25) is 5.78 Å². The van der Waals surface area contributed by atoms with Crippen molar-refractivity contribution in [3.05, 3.63) is 152 Å². The van der Waals surface area contributed by atoms with Gasteiger partial charge in [-0.15, -0.1) is 0 Å². The Balaban J connectivity index is 0.000000113. The molecule has 4 aromatic heterocycles. The summed E-state index contributed by atoms with van der Waals surface area (Å²) in [5.41, 5.74) is 9.74. The minimum Gasteiger partial charge on any atom is -0.335 e. The van der Waals surface area contributed by atoms with Gasteiger partial charge in [0.15, 0.2) is 0 Å². The molecule has 0 saturated heterocycles. The fourth-order valence-corrected chi connectivity index (χ4v) is 8.82. The highest BCUT2D eigenvalue weighted by molar-refractivity contribution is 6.23. The molecule has 0 bridgehead atoms. The van der Waals surface area contributed by atoms with Crippen LogP contribution in [0.4, 0.5) is 0 Å². The quantitative estimate of drug-likeness (QED) is 0.145. The van der Waals surface area contributed by atoms with Gasteiger partial charge < -0.3 is 13.7 Å². The van der Waals surface area contributed by atoms with Crippen molar-refractivity contribution in [3.8, 4) is 0 Å². The molecule has 290 valence electrons. The normalized spacial score (nSPS) is 12.6. The van der Waals surface area contributed by atoms with Crippen molar-refractivity contribution >= 4 is 82.2 Å². The number of fused-ring (bicyclic) bond motifs is 14. The van der Waals surface area contributed by atoms with Gasteiger partial charge in [-0.2, -0.15) is 0 Å². The van der Waals surface area contributed by atoms with Crippen LogP contribution < -0.4 is 0 Å². The van der Waals surface area contributed by atoms with E-state index in [1.165, 1.54) is 65.4 Å². The Labute approximate surface area is 340 Å². The fraction of sp³-hybridized carbons (Fsp3) is 0.231. The molecule has 0 radical (unpaired) electrons. The van der Waals surface area contributed by atoms with E-state index in [-0.39, 0.29) is 16.6 Å². The number of nitrogens with zero attached hydrogens (tertiary/aromatic N) is 6. The van der Waals surface area contributed by atoms with Gasteiger partial charge in [0.1, 0.15) is 0 Å². The number of rotatable bonds is 0. The first-order chi connectivity index (χ1) is 27.7. The Bertz CT molecular complexity index is 3240. The summed E-state index contributed by atoms with van der Waals surface area (Å²) in [5, 5.41) is 7.77. The molecule has 0 fully saturated rings. The highest BCUT2D eigenvalue weighted by Crippen LogP contribution is 2.37. The van der Waals surface area contributed by atoms with E-state index >= 15 is 0 Å². The largest absolute Gasteiger partial charge is 0.335 e. The number of aromatic nitrogens is 6. The number of benzene rings is 7. The lowest BCUT2D eigenvalue weighted by Crippen LogP contribution is -2.21. The zero-order valence-corrected chi connectivity index (χ0v) is 35.1. The molecule has 6 nitrogen and oxygen atoms in total. The molecule has 0 unspecified atom stereocenters. The maximum Gasteiger partial charge on any atom is 0.216 e. The van der Waals surface area contributed by atoms with Crippen molar-refractivity contribution in [1.82, 2.24) is 28.1 Å². The van der Waals surface area contributed by atoms with E-state index in [0.29, 0.717) is 0 Å². The predicted octanol–water partition coefficient (Wildman–Crippen LogP) is 13.8. The Morgan fingerprint density at radius 3 is 1.36 bits per heavy atom. The minimum atomic E-state index is -0.00820. The monoisotopic (exact) mass is 760 g/mol. The van der Waals surface area contributed by atoms with Crippen LogP contribution in [-0.2, 0) is 16.6 Å². The second kappa shape index (κ2) is 13.6. The van der Waals surface area contributed by atoms with Crippen LogP contribution in [0.3, 0.4) is 0 Å². The lowest BCUT2D eigenvalue weighted by Gasteiger charge is -2.24. The predicted molar refractivity (Wildman–Crippen MR) is 247 cm³/mol. The molecule has 6 heteroatoms. The maximum atomic E-state index is 4.84. The summed E-state index contributed by atoms with van der Waals surface area (Å²) in [7, 11) is 0. The first kappa shape index (κ1) is 37.2. The van der Waals surface area contributed by atoms with Gasteiger partial charge in [-0.25, -0.2) is 9.97 Å². The Morgan fingerprint density at radius 2 is 0.810 bits per heavy atom. The lowest BCUT2D eigenvalue weighted by molar-refractivity contribution is 0.409. The van der Waals surface area contributed by atoms with Crippen molar-refractivity contribution in [2.75, 3.05) is 0 Å². The van der Waals surface area contributed by atoms with Crippen LogP contribution in [0, 0.1) is 0 Å². The molecule has 0 aliphatic heterocycles. The molecular weight excluding hydrogens is 709 g/mol. The zero-order chi connectivity index (χ0) is 40.6. The topological polar surface area (TPSA) is 45.0 Å². The van der Waals surface area contributed by atoms with Crippen LogP contribution in [0.5, 0.6) is 0 Å². The molecule has 4 heterocycles. The molecule has 58 heavy (non-hydrogen) atoms. The highest BCUT2D eigenvalue weighted by Gasteiger charge is 2.24. The summed E-state index contributed by atoms with van der Waals surface area (Å²) < 4.78 is 9.30. The standard InChI is InChI=1S/C19H18N2.C17H17N3.C16H17N/c1-19(2,3)21-12-20-17-15-10-6-4-8-13(15)14-9-5-7-11-16(14)18(17)21;1-17(2,3)20-15-11-7-6-10-14(15)19-13-9-5-4-8-12(13)18-16(19)20;1-16(2,3)17-14-10-6-4-8-12(14)13-9-5-7-11-15(13)17/h4-12H,1-3H3;4-11H,1-3H3;4-11H,1-3H3. The summed E-state index contributed by atoms with van der Waals surface area (Å²) in [4.78, 5) is 9.57. The van der Waals surface area contributed by atoms with Gasteiger partial charge in [0.25, 0.3) is 0 Å². The second-order valence-corrected chi connectivity index (χ2v) is 18.3. The molecular formula is C52H52N6. The SMILES string of the molecule is CC(C)(C)n1c2ccccc2c2ccccc21.CC(C)(C)n1c2ccccc2n2c3ccccc3nc12.CC(C)(C)n1cnc2c3ccccc3c3ccccc3c21. The summed E-state index contributed by atoms with van der Waals surface area (Å²) >= 11 is 0. The molecule has 11 rings (SSSR count). The van der Waals surface area contributed by atoms with Gasteiger partial charge in [0.05, 0.1) is 39.4 Å². The van der Waals surface area contributed by atoms with Crippen molar-refractivity contribution in [3.63, 3.8) is 0 Å². The lowest BCUT2D eigenvalue weighted by atomic mass is 9.99. The Morgan fingerprint density at radius 1 is 0.379 bits per heavy atom. The first-order valence-electron chi connectivity index (χ1n) is 20.4. The molecule has 0 aliphatic carbocycles. The van der Waals surface area contributed by atoms with Crippen LogP contribution in [0.15, 0.2) is 152 Å². The van der Waals surface area contributed by atoms with E-state index in [9.17, 15) is 0 Å². The van der Waals surface area contributed by atoms with E-state index in [4.69, 9.17) is 9.97 Å².